The van der Waals surface area contributed by atoms with Crippen LogP contribution in [0.4, 0.5) is 0 Å². The van der Waals surface area contributed by atoms with Crippen LogP contribution >= 0.6 is 0 Å². The number of hydrogen-bond acceptors (Lipinski definition) is 7. The number of ether oxygens (including phenoxy) is 4. The van der Waals surface area contributed by atoms with E-state index in [0.29, 0.717) is 0 Å². The summed E-state index contributed by atoms with van der Waals surface area (Å²) in [5.41, 5.74) is -0.902. The summed E-state index contributed by atoms with van der Waals surface area (Å²) in [6, 6.07) is 0. The molecule has 2 bridgehead atoms. The topological polar surface area (TPSA) is 88.1 Å². The number of carbonyl (C=O) groups is 3. The molecule has 4 aliphatic rings. The van der Waals surface area contributed by atoms with Gasteiger partial charge in [0.05, 0.1) is 23.5 Å². The highest BCUT2D eigenvalue weighted by molar-refractivity contribution is 5.91. The molecule has 8 atom stereocenters. The van der Waals surface area contributed by atoms with Gasteiger partial charge in [0.25, 0.3) is 0 Å². The molecule has 0 N–H and O–H groups in total. The monoisotopic (exact) mass is 392 g/mol. The third-order valence-corrected chi connectivity index (χ3v) is 7.21. The molecule has 0 aromatic heterocycles. The minimum absolute atomic E-state index is 0.166. The highest BCUT2D eigenvalue weighted by Crippen LogP contribution is 2.66. The van der Waals surface area contributed by atoms with E-state index < -0.39 is 47.2 Å². The maximum atomic E-state index is 12.5. The molecule has 1 saturated carbocycles. The summed E-state index contributed by atoms with van der Waals surface area (Å²) in [4.78, 5) is 36.9. The molecular weight excluding hydrogens is 364 g/mol. The molecule has 3 heterocycles. The first kappa shape index (κ1) is 19.4. The van der Waals surface area contributed by atoms with Gasteiger partial charge >= 0.3 is 17.9 Å². The Morgan fingerprint density at radius 2 is 1.93 bits per heavy atom. The van der Waals surface area contributed by atoms with Crippen molar-refractivity contribution in [3.05, 3.63) is 12.2 Å². The van der Waals surface area contributed by atoms with E-state index in [9.17, 15) is 14.4 Å². The predicted molar refractivity (Wildman–Crippen MR) is 96.9 cm³/mol. The third-order valence-electron chi connectivity index (χ3n) is 7.21. The quantitative estimate of drug-likeness (QED) is 0.413. The Kier molecular flexibility index (Phi) is 4.20. The molecule has 4 rings (SSSR count). The molecule has 1 aliphatic carbocycles. The first-order valence-corrected chi connectivity index (χ1v) is 9.96. The third kappa shape index (κ3) is 2.41. The second-order valence-corrected chi connectivity index (χ2v) is 9.31. The second kappa shape index (κ2) is 6.05. The molecule has 0 aromatic rings. The highest BCUT2D eigenvalue weighted by atomic mass is 16.6. The standard InChI is InChI=1S/C21H28O7/c1-9(2)18(23)26-14-13-10(3)19(24)27-15(13)17(25-11(4)22)21(6)12-7-8-20(5,28-12)16(14)21/h9,12-17H,3,7-8H2,1-2,4-6H3/t12-,13+,14+,15+,16+,17+,20+,21-/m0/s1. The molecule has 3 saturated heterocycles. The predicted octanol–water partition coefficient (Wildman–Crippen LogP) is 2.17. The number of fused-ring (bicyclic) bond motifs is 6. The molecule has 4 fully saturated rings. The molecule has 0 amide bonds. The molecule has 154 valence electrons. The van der Waals surface area contributed by atoms with E-state index in [2.05, 4.69) is 6.58 Å². The summed E-state index contributed by atoms with van der Waals surface area (Å²) in [5.74, 6) is -2.41. The van der Waals surface area contributed by atoms with Gasteiger partial charge in [-0.1, -0.05) is 27.4 Å². The molecule has 0 radical (unpaired) electrons. The van der Waals surface area contributed by atoms with Crippen LogP contribution < -0.4 is 0 Å². The van der Waals surface area contributed by atoms with Crippen LogP contribution in [0.2, 0.25) is 0 Å². The van der Waals surface area contributed by atoms with Gasteiger partial charge in [-0.15, -0.1) is 0 Å². The maximum absolute atomic E-state index is 12.5. The molecule has 0 unspecified atom stereocenters. The van der Waals surface area contributed by atoms with Crippen molar-refractivity contribution in [1.29, 1.82) is 0 Å². The van der Waals surface area contributed by atoms with Crippen LogP contribution in [0.1, 0.15) is 47.5 Å². The lowest BCUT2D eigenvalue weighted by molar-refractivity contribution is -0.218. The van der Waals surface area contributed by atoms with Crippen molar-refractivity contribution in [3.8, 4) is 0 Å². The Morgan fingerprint density at radius 1 is 1.25 bits per heavy atom. The normalized spacial score (nSPS) is 46.2. The average molecular weight is 392 g/mol. The summed E-state index contributed by atoms with van der Waals surface area (Å²) in [7, 11) is 0. The van der Waals surface area contributed by atoms with E-state index in [-0.39, 0.29) is 29.5 Å². The number of carbonyl (C=O) groups excluding carboxylic acids is 3. The van der Waals surface area contributed by atoms with Crippen LogP contribution in [0.15, 0.2) is 12.2 Å². The summed E-state index contributed by atoms with van der Waals surface area (Å²) in [6.45, 7) is 12.8. The zero-order valence-electron chi connectivity index (χ0n) is 17.0. The minimum Gasteiger partial charge on any atom is -0.461 e. The van der Waals surface area contributed by atoms with Gasteiger partial charge < -0.3 is 18.9 Å². The summed E-state index contributed by atoms with van der Waals surface area (Å²) in [5, 5.41) is 0. The number of esters is 3. The Labute approximate surface area is 164 Å². The molecular formula is C21H28O7. The number of hydrogen-bond donors (Lipinski definition) is 0. The molecule has 28 heavy (non-hydrogen) atoms. The van der Waals surface area contributed by atoms with Gasteiger partial charge in [-0.25, -0.2) is 4.79 Å². The molecule has 7 nitrogen and oxygen atoms in total. The molecule has 0 spiro atoms. The van der Waals surface area contributed by atoms with E-state index in [4.69, 9.17) is 18.9 Å². The van der Waals surface area contributed by atoms with Gasteiger partial charge in [-0.05, 0) is 19.8 Å². The van der Waals surface area contributed by atoms with Crippen LogP contribution in [0.5, 0.6) is 0 Å². The van der Waals surface area contributed by atoms with Gasteiger partial charge in [-0.2, -0.15) is 0 Å². The lowest BCUT2D eigenvalue weighted by Gasteiger charge is -2.55. The first-order valence-electron chi connectivity index (χ1n) is 9.96. The van der Waals surface area contributed by atoms with Gasteiger partial charge in [0.1, 0.15) is 12.2 Å². The van der Waals surface area contributed by atoms with Crippen LogP contribution in [0, 0.1) is 23.2 Å². The van der Waals surface area contributed by atoms with E-state index in [1.807, 2.05) is 13.8 Å². The van der Waals surface area contributed by atoms with Gasteiger partial charge in [0, 0.05) is 23.8 Å². The van der Waals surface area contributed by atoms with E-state index >= 15 is 0 Å². The summed E-state index contributed by atoms with van der Waals surface area (Å²) < 4.78 is 23.7. The van der Waals surface area contributed by atoms with Crippen molar-refractivity contribution in [2.24, 2.45) is 23.2 Å². The van der Waals surface area contributed by atoms with E-state index in [1.165, 1.54) is 6.92 Å². The van der Waals surface area contributed by atoms with Crippen molar-refractivity contribution in [2.75, 3.05) is 0 Å². The van der Waals surface area contributed by atoms with E-state index in [0.717, 1.165) is 12.8 Å². The fraction of sp³-hybridized carbons (Fsp3) is 0.762. The van der Waals surface area contributed by atoms with Crippen molar-refractivity contribution in [3.63, 3.8) is 0 Å². The fourth-order valence-corrected chi connectivity index (χ4v) is 6.04. The Hall–Kier alpha value is -1.89. The first-order chi connectivity index (χ1) is 13.0. The van der Waals surface area contributed by atoms with Crippen molar-refractivity contribution >= 4 is 17.9 Å². The molecule has 3 aliphatic heterocycles. The SMILES string of the molecule is C=C1C(=O)O[C@@H]2[C@H]1[C@@H](OC(=O)C(C)C)[C@H]1[C@](C)([C@@H]3CC[C@@]1(C)O3)[C@@H]2OC(C)=O. The van der Waals surface area contributed by atoms with Gasteiger partial charge in [0.2, 0.25) is 0 Å². The highest BCUT2D eigenvalue weighted by Gasteiger charge is 2.76. The zero-order valence-corrected chi connectivity index (χ0v) is 17.0. The second-order valence-electron chi connectivity index (χ2n) is 9.31. The lowest BCUT2D eigenvalue weighted by atomic mass is 9.51. The van der Waals surface area contributed by atoms with Crippen molar-refractivity contribution < 1.29 is 33.3 Å². The zero-order chi connectivity index (χ0) is 20.6. The van der Waals surface area contributed by atoms with Gasteiger partial charge in [-0.3, -0.25) is 9.59 Å². The van der Waals surface area contributed by atoms with Crippen LogP contribution in [0.25, 0.3) is 0 Å². The largest absolute Gasteiger partial charge is 0.461 e. The Balaban J connectivity index is 1.84. The van der Waals surface area contributed by atoms with E-state index in [1.54, 1.807) is 13.8 Å². The molecule has 7 heteroatoms. The van der Waals surface area contributed by atoms with Crippen molar-refractivity contribution in [2.45, 2.75) is 77.5 Å². The minimum atomic E-state index is -0.735. The lowest BCUT2D eigenvalue weighted by Crippen LogP contribution is -2.66. The smallest absolute Gasteiger partial charge is 0.334 e. The summed E-state index contributed by atoms with van der Waals surface area (Å²) >= 11 is 0. The Bertz CT molecular complexity index is 758. The number of rotatable bonds is 3. The summed E-state index contributed by atoms with van der Waals surface area (Å²) in [6.07, 6.45) is -0.560. The molecule has 0 aromatic carbocycles. The maximum Gasteiger partial charge on any atom is 0.334 e. The fourth-order valence-electron chi connectivity index (χ4n) is 6.04. The van der Waals surface area contributed by atoms with Crippen LogP contribution in [-0.2, 0) is 33.3 Å². The van der Waals surface area contributed by atoms with Crippen LogP contribution in [0.3, 0.4) is 0 Å². The van der Waals surface area contributed by atoms with Crippen LogP contribution in [-0.4, -0.2) is 47.9 Å². The Morgan fingerprint density at radius 3 is 2.54 bits per heavy atom. The van der Waals surface area contributed by atoms with Crippen molar-refractivity contribution in [1.82, 2.24) is 0 Å². The average Bonchev–Trinajstić information content (AvgIpc) is 3.19. The van der Waals surface area contributed by atoms with Gasteiger partial charge in [0.15, 0.2) is 6.10 Å².